The second-order valence-electron chi connectivity index (χ2n) is 9.85. The number of esters is 1. The quantitative estimate of drug-likeness (QED) is 0.218. The maximum atomic E-state index is 14.1. The Labute approximate surface area is 211 Å². The zero-order valence-electron chi connectivity index (χ0n) is 20.6. The summed E-state index contributed by atoms with van der Waals surface area (Å²) in [4.78, 5) is 33.7. The lowest BCUT2D eigenvalue weighted by atomic mass is 9.68. The van der Waals surface area contributed by atoms with E-state index in [2.05, 4.69) is 27.2 Å². The van der Waals surface area contributed by atoms with Crippen LogP contribution in [0.15, 0.2) is 55.5 Å². The van der Waals surface area contributed by atoms with Gasteiger partial charge in [-0.15, -0.1) is 6.58 Å². The zero-order chi connectivity index (χ0) is 25.4. The van der Waals surface area contributed by atoms with E-state index in [-0.39, 0.29) is 42.2 Å². The van der Waals surface area contributed by atoms with Gasteiger partial charge in [-0.05, 0) is 55.8 Å². The molecule has 7 nitrogen and oxygen atoms in total. The molecule has 0 aliphatic heterocycles. The van der Waals surface area contributed by atoms with E-state index in [1.807, 2.05) is 12.1 Å². The van der Waals surface area contributed by atoms with Gasteiger partial charge < -0.3 is 15.4 Å². The molecule has 8 heteroatoms. The normalized spacial score (nSPS) is 23.1. The third-order valence-corrected chi connectivity index (χ3v) is 7.59. The number of allylic oxidation sites excluding steroid dienone is 1. The van der Waals surface area contributed by atoms with Crippen LogP contribution in [0.5, 0.6) is 0 Å². The molecule has 4 rings (SSSR count). The number of hydrogen-bond donors (Lipinski definition) is 2. The molecular formula is C28H35FN4O3. The monoisotopic (exact) mass is 494 g/mol. The molecule has 2 aliphatic rings. The van der Waals surface area contributed by atoms with Gasteiger partial charge in [0.2, 0.25) is 5.91 Å². The molecule has 1 heterocycles. The summed E-state index contributed by atoms with van der Waals surface area (Å²) in [5.41, 5.74) is -0.0691. The third kappa shape index (κ3) is 6.16. The highest BCUT2D eigenvalue weighted by molar-refractivity contribution is 5.91. The van der Waals surface area contributed by atoms with E-state index in [4.69, 9.17) is 4.74 Å². The number of aromatic nitrogens is 2. The number of rotatable bonds is 10. The highest BCUT2D eigenvalue weighted by Gasteiger charge is 2.47. The first-order chi connectivity index (χ1) is 17.5. The summed E-state index contributed by atoms with van der Waals surface area (Å²) in [6.45, 7) is 4.69. The predicted octanol–water partition coefficient (Wildman–Crippen LogP) is 4.56. The Morgan fingerprint density at radius 1 is 1.19 bits per heavy atom. The van der Waals surface area contributed by atoms with Crippen LogP contribution in [-0.4, -0.2) is 41.0 Å². The highest BCUT2D eigenvalue weighted by Crippen LogP contribution is 2.44. The standard InChI is InChI=1S/C28H35FN4O3/c1-2-20-16-24(23(20)10-13-30-19-26(34)33-25-18-31-14-15-32-25)36-27(35)28(11-5-3-4-6-12-28)21-8-7-9-22(29)17-21/h2,7-9,14-15,17-18,20,23-24,30H,1,3-6,10-13,16,19H2,(H,32,33,34)/t20?,23?,24-/m0/s1. The lowest BCUT2D eigenvalue weighted by molar-refractivity contribution is -0.169. The molecule has 2 unspecified atom stereocenters. The Hall–Kier alpha value is -3.13. The first kappa shape index (κ1) is 25.9. The van der Waals surface area contributed by atoms with Crippen LogP contribution in [0.25, 0.3) is 0 Å². The third-order valence-electron chi connectivity index (χ3n) is 7.59. The molecule has 0 radical (unpaired) electrons. The van der Waals surface area contributed by atoms with Gasteiger partial charge in [-0.1, -0.05) is 43.9 Å². The molecule has 0 saturated heterocycles. The van der Waals surface area contributed by atoms with E-state index in [1.54, 1.807) is 12.3 Å². The van der Waals surface area contributed by atoms with Crippen molar-refractivity contribution in [3.05, 3.63) is 66.9 Å². The number of benzene rings is 1. The first-order valence-electron chi connectivity index (χ1n) is 12.9. The second-order valence-corrected chi connectivity index (χ2v) is 9.85. The second kappa shape index (κ2) is 12.2. The van der Waals surface area contributed by atoms with E-state index in [0.29, 0.717) is 25.2 Å². The topological polar surface area (TPSA) is 93.2 Å². The summed E-state index contributed by atoms with van der Waals surface area (Å²) in [5, 5.41) is 5.85. The predicted molar refractivity (Wildman–Crippen MR) is 136 cm³/mol. The molecule has 2 saturated carbocycles. The van der Waals surface area contributed by atoms with Crippen molar-refractivity contribution in [2.45, 2.75) is 62.9 Å². The first-order valence-corrected chi connectivity index (χ1v) is 12.9. The van der Waals surface area contributed by atoms with Crippen molar-refractivity contribution in [1.29, 1.82) is 0 Å². The molecule has 2 aromatic rings. The number of hydrogen-bond acceptors (Lipinski definition) is 6. The summed E-state index contributed by atoms with van der Waals surface area (Å²) >= 11 is 0. The number of amides is 1. The van der Waals surface area contributed by atoms with Crippen molar-refractivity contribution in [3.8, 4) is 0 Å². The van der Waals surface area contributed by atoms with Crippen LogP contribution in [0.2, 0.25) is 0 Å². The number of carbonyl (C=O) groups excluding carboxylic acids is 2. The molecule has 1 aromatic heterocycles. The number of carbonyl (C=O) groups is 2. The number of nitrogens with one attached hydrogen (secondary N) is 2. The van der Waals surface area contributed by atoms with Crippen LogP contribution < -0.4 is 10.6 Å². The number of halogens is 1. The van der Waals surface area contributed by atoms with Crippen LogP contribution >= 0.6 is 0 Å². The zero-order valence-corrected chi connectivity index (χ0v) is 20.6. The van der Waals surface area contributed by atoms with Gasteiger partial charge in [-0.3, -0.25) is 14.6 Å². The Morgan fingerprint density at radius 3 is 2.69 bits per heavy atom. The SMILES string of the molecule is C=CC1C[C@H](OC(=O)C2(c3cccc(F)c3)CCCCCC2)C1CCNCC(=O)Nc1cnccn1. The Morgan fingerprint density at radius 2 is 2.00 bits per heavy atom. The van der Waals surface area contributed by atoms with Crippen molar-refractivity contribution >= 4 is 17.7 Å². The number of anilines is 1. The largest absolute Gasteiger partial charge is 0.461 e. The minimum absolute atomic E-state index is 0.136. The molecule has 36 heavy (non-hydrogen) atoms. The summed E-state index contributed by atoms with van der Waals surface area (Å²) in [7, 11) is 0. The van der Waals surface area contributed by atoms with Gasteiger partial charge in [0, 0.05) is 18.3 Å². The van der Waals surface area contributed by atoms with Crippen molar-refractivity contribution < 1.29 is 18.7 Å². The number of ether oxygens (including phenoxy) is 1. The molecule has 0 spiro atoms. The minimum Gasteiger partial charge on any atom is -0.461 e. The molecular weight excluding hydrogens is 459 g/mol. The van der Waals surface area contributed by atoms with Crippen LogP contribution in [0.3, 0.4) is 0 Å². The van der Waals surface area contributed by atoms with Gasteiger partial charge in [-0.25, -0.2) is 9.37 Å². The van der Waals surface area contributed by atoms with Gasteiger partial charge in [0.1, 0.15) is 11.9 Å². The molecule has 2 N–H and O–H groups in total. The molecule has 1 aromatic carbocycles. The van der Waals surface area contributed by atoms with E-state index in [1.165, 1.54) is 24.5 Å². The van der Waals surface area contributed by atoms with Crippen LogP contribution in [0.1, 0.15) is 56.9 Å². The lowest BCUT2D eigenvalue weighted by Gasteiger charge is -2.44. The lowest BCUT2D eigenvalue weighted by Crippen LogP contribution is -2.48. The Bertz CT molecular complexity index is 1040. The van der Waals surface area contributed by atoms with Crippen LogP contribution in [-0.2, 0) is 19.7 Å². The average molecular weight is 495 g/mol. The van der Waals surface area contributed by atoms with Gasteiger partial charge >= 0.3 is 5.97 Å². The Balaban J connectivity index is 1.34. The minimum atomic E-state index is -0.793. The summed E-state index contributed by atoms with van der Waals surface area (Å²) in [6.07, 6.45) is 13.1. The van der Waals surface area contributed by atoms with E-state index in [0.717, 1.165) is 44.1 Å². The van der Waals surface area contributed by atoms with Gasteiger partial charge in [0.05, 0.1) is 18.2 Å². The van der Waals surface area contributed by atoms with Crippen LogP contribution in [0.4, 0.5) is 10.2 Å². The van der Waals surface area contributed by atoms with Crippen molar-refractivity contribution in [2.75, 3.05) is 18.4 Å². The molecule has 0 bridgehead atoms. The summed E-state index contributed by atoms with van der Waals surface area (Å²) in [6, 6.07) is 6.44. The molecule has 2 aliphatic carbocycles. The van der Waals surface area contributed by atoms with Crippen molar-refractivity contribution in [3.63, 3.8) is 0 Å². The summed E-state index contributed by atoms with van der Waals surface area (Å²) < 4.78 is 20.3. The maximum absolute atomic E-state index is 14.1. The van der Waals surface area contributed by atoms with E-state index >= 15 is 0 Å². The molecule has 192 valence electrons. The van der Waals surface area contributed by atoms with Crippen molar-refractivity contribution in [1.82, 2.24) is 15.3 Å². The van der Waals surface area contributed by atoms with Gasteiger partial charge in [0.25, 0.3) is 0 Å². The van der Waals surface area contributed by atoms with E-state index < -0.39 is 5.41 Å². The Kier molecular flexibility index (Phi) is 8.80. The van der Waals surface area contributed by atoms with Crippen LogP contribution in [0, 0.1) is 17.7 Å². The van der Waals surface area contributed by atoms with Gasteiger partial charge in [-0.2, -0.15) is 0 Å². The molecule has 2 fully saturated rings. The average Bonchev–Trinajstić information content (AvgIpc) is 3.14. The van der Waals surface area contributed by atoms with Gasteiger partial charge in [0.15, 0.2) is 5.82 Å². The molecule has 3 atom stereocenters. The fourth-order valence-electron chi connectivity index (χ4n) is 5.50. The fraction of sp³-hybridized carbons (Fsp3) is 0.500. The molecule has 1 amide bonds. The fourth-order valence-corrected chi connectivity index (χ4v) is 5.50. The van der Waals surface area contributed by atoms with E-state index in [9.17, 15) is 14.0 Å². The highest BCUT2D eigenvalue weighted by atomic mass is 19.1. The smallest absolute Gasteiger partial charge is 0.316 e. The van der Waals surface area contributed by atoms with Crippen molar-refractivity contribution in [2.24, 2.45) is 11.8 Å². The maximum Gasteiger partial charge on any atom is 0.316 e. The number of nitrogens with zero attached hydrogens (tertiary/aromatic N) is 2. The summed E-state index contributed by atoms with van der Waals surface area (Å²) in [5.74, 6) is 0.0514.